The highest BCUT2D eigenvalue weighted by Crippen LogP contribution is 2.43. The van der Waals surface area contributed by atoms with Crippen molar-refractivity contribution in [3.8, 4) is 0 Å². The molecule has 378 valence electrons. The van der Waals surface area contributed by atoms with Crippen molar-refractivity contribution in [1.82, 2.24) is 0 Å². The van der Waals surface area contributed by atoms with Crippen molar-refractivity contribution in [3.05, 3.63) is 97.2 Å². The average Bonchev–Trinajstić information content (AvgIpc) is 3.27. The number of nitrogens with zero attached hydrogens (tertiary/aromatic N) is 1. The maximum atomic E-state index is 12.7. The summed E-state index contributed by atoms with van der Waals surface area (Å²) in [7, 11) is 1.42. The number of ether oxygens (including phenoxy) is 2. The maximum Gasteiger partial charge on any atom is 0.472 e. The van der Waals surface area contributed by atoms with Gasteiger partial charge < -0.3 is 18.9 Å². The second-order valence-electron chi connectivity index (χ2n) is 18.2. The summed E-state index contributed by atoms with van der Waals surface area (Å²) in [6, 6.07) is 0. The Hall–Kier alpha value is -3.07. The van der Waals surface area contributed by atoms with E-state index in [-0.39, 0.29) is 26.1 Å². The number of phosphoric acid groups is 1. The normalized spacial score (nSPS) is 14.2. The summed E-state index contributed by atoms with van der Waals surface area (Å²) in [6.07, 6.45) is 63.3. The van der Waals surface area contributed by atoms with Gasteiger partial charge in [-0.05, 0) is 89.9 Å². The highest BCUT2D eigenvalue weighted by atomic mass is 31.2. The molecule has 0 heterocycles. The number of phosphoric ester groups is 1. The van der Waals surface area contributed by atoms with E-state index in [9.17, 15) is 19.0 Å². The van der Waals surface area contributed by atoms with Crippen molar-refractivity contribution in [2.24, 2.45) is 0 Å². The number of carbonyl (C=O) groups is 2. The Morgan fingerprint density at radius 2 is 0.879 bits per heavy atom. The van der Waals surface area contributed by atoms with Gasteiger partial charge in [0.15, 0.2) is 6.10 Å². The second-order valence-corrected chi connectivity index (χ2v) is 19.6. The molecule has 0 spiro atoms. The molecular weight excluding hydrogens is 846 g/mol. The van der Waals surface area contributed by atoms with E-state index in [0.29, 0.717) is 23.9 Å². The van der Waals surface area contributed by atoms with Crippen LogP contribution in [0.1, 0.15) is 194 Å². The van der Waals surface area contributed by atoms with Gasteiger partial charge in [-0.3, -0.25) is 18.6 Å². The Labute approximate surface area is 404 Å². The zero-order valence-electron chi connectivity index (χ0n) is 42.6. The Morgan fingerprint density at radius 1 is 0.485 bits per heavy atom. The Morgan fingerprint density at radius 3 is 1.33 bits per heavy atom. The summed E-state index contributed by atoms with van der Waals surface area (Å²) in [4.78, 5) is 35.5. The number of hydrogen-bond acceptors (Lipinski definition) is 7. The van der Waals surface area contributed by atoms with Crippen molar-refractivity contribution in [2.75, 3.05) is 47.5 Å². The van der Waals surface area contributed by atoms with Crippen LogP contribution in [0.3, 0.4) is 0 Å². The number of hydrogen-bond donors (Lipinski definition) is 1. The molecule has 9 nitrogen and oxygen atoms in total. The van der Waals surface area contributed by atoms with Crippen LogP contribution < -0.4 is 0 Å². The minimum atomic E-state index is -4.40. The first-order valence-electron chi connectivity index (χ1n) is 26.0. The van der Waals surface area contributed by atoms with Gasteiger partial charge in [0.05, 0.1) is 27.7 Å². The van der Waals surface area contributed by atoms with Gasteiger partial charge in [-0.2, -0.15) is 0 Å². The third-order valence-corrected chi connectivity index (χ3v) is 11.6. The predicted molar refractivity (Wildman–Crippen MR) is 279 cm³/mol. The van der Waals surface area contributed by atoms with Crippen LogP contribution in [-0.4, -0.2) is 74.9 Å². The Bertz CT molecular complexity index is 1440. The molecule has 0 aromatic carbocycles. The van der Waals surface area contributed by atoms with E-state index in [4.69, 9.17) is 18.5 Å². The van der Waals surface area contributed by atoms with E-state index in [0.717, 1.165) is 77.0 Å². The number of quaternary nitrogens is 1. The highest BCUT2D eigenvalue weighted by Gasteiger charge is 2.27. The van der Waals surface area contributed by atoms with Crippen molar-refractivity contribution >= 4 is 19.8 Å². The van der Waals surface area contributed by atoms with Crippen molar-refractivity contribution < 1.29 is 42.1 Å². The second kappa shape index (κ2) is 47.0. The first kappa shape index (κ1) is 62.9. The van der Waals surface area contributed by atoms with Crippen molar-refractivity contribution in [3.63, 3.8) is 0 Å². The average molecular weight is 943 g/mol. The van der Waals surface area contributed by atoms with Crippen LogP contribution in [0.2, 0.25) is 0 Å². The van der Waals surface area contributed by atoms with Crippen LogP contribution in [0.5, 0.6) is 0 Å². The molecule has 2 atom stereocenters. The molecule has 0 aliphatic rings. The van der Waals surface area contributed by atoms with Gasteiger partial charge in [0.2, 0.25) is 0 Å². The summed E-state index contributed by atoms with van der Waals surface area (Å²) >= 11 is 0. The molecule has 0 rings (SSSR count). The lowest BCUT2D eigenvalue weighted by molar-refractivity contribution is -0.870. The summed E-state index contributed by atoms with van der Waals surface area (Å²) in [5.41, 5.74) is 0. The predicted octanol–water partition coefficient (Wildman–Crippen LogP) is 15.7. The fraction of sp³-hybridized carbons (Fsp3) is 0.679. The zero-order chi connectivity index (χ0) is 48.5. The number of rotatable bonds is 46. The Balaban J connectivity index is 4.31. The van der Waals surface area contributed by atoms with Crippen LogP contribution in [0.25, 0.3) is 0 Å². The topological polar surface area (TPSA) is 108 Å². The molecular formula is C56H97NO8P+. The molecule has 0 saturated carbocycles. The van der Waals surface area contributed by atoms with E-state index in [1.807, 2.05) is 27.2 Å². The van der Waals surface area contributed by atoms with E-state index < -0.39 is 32.5 Å². The summed E-state index contributed by atoms with van der Waals surface area (Å²) in [5, 5.41) is 0. The molecule has 66 heavy (non-hydrogen) atoms. The first-order chi connectivity index (χ1) is 32.0. The molecule has 2 unspecified atom stereocenters. The number of allylic oxidation sites excluding steroid dienone is 16. The number of esters is 2. The van der Waals surface area contributed by atoms with Gasteiger partial charge in [0.1, 0.15) is 19.8 Å². The SMILES string of the molecule is CC/C=C\C/C=C\C/C=C\C/C=C\C/C=C\CCCC(=O)OC(COC(=O)CCCCCCCCCCCC/C=C\C/C=C\C/C=C\CCCCCCC)COP(=O)(O)OCC[N+](C)(C)C. The smallest absolute Gasteiger partial charge is 0.462 e. The summed E-state index contributed by atoms with van der Waals surface area (Å²) in [5.74, 6) is -0.877. The molecule has 0 fully saturated rings. The Kier molecular flexibility index (Phi) is 44.8. The van der Waals surface area contributed by atoms with Crippen molar-refractivity contribution in [1.29, 1.82) is 0 Å². The van der Waals surface area contributed by atoms with E-state index >= 15 is 0 Å². The van der Waals surface area contributed by atoms with Gasteiger partial charge in [0.25, 0.3) is 0 Å². The number of unbranched alkanes of at least 4 members (excludes halogenated alkanes) is 16. The zero-order valence-corrected chi connectivity index (χ0v) is 43.5. The quantitative estimate of drug-likeness (QED) is 0.0211. The van der Waals surface area contributed by atoms with Gasteiger partial charge in [0, 0.05) is 12.8 Å². The fourth-order valence-electron chi connectivity index (χ4n) is 6.59. The van der Waals surface area contributed by atoms with Gasteiger partial charge in [-0.15, -0.1) is 0 Å². The summed E-state index contributed by atoms with van der Waals surface area (Å²) in [6.45, 7) is 4.22. The fourth-order valence-corrected chi connectivity index (χ4v) is 7.33. The highest BCUT2D eigenvalue weighted by molar-refractivity contribution is 7.47. The van der Waals surface area contributed by atoms with Crippen LogP contribution in [-0.2, 0) is 32.7 Å². The number of likely N-dealkylation sites (N-methyl/N-ethyl adjacent to an activating group) is 1. The number of carbonyl (C=O) groups excluding carboxylic acids is 2. The molecule has 0 aliphatic carbocycles. The van der Waals surface area contributed by atoms with Gasteiger partial charge in [-0.25, -0.2) is 4.57 Å². The van der Waals surface area contributed by atoms with E-state index in [1.165, 1.54) is 77.0 Å². The lowest BCUT2D eigenvalue weighted by Gasteiger charge is -2.24. The van der Waals surface area contributed by atoms with Crippen LogP contribution in [0.15, 0.2) is 97.2 Å². The molecule has 0 aliphatic heterocycles. The lowest BCUT2D eigenvalue weighted by atomic mass is 10.1. The van der Waals surface area contributed by atoms with Crippen LogP contribution in [0, 0.1) is 0 Å². The lowest BCUT2D eigenvalue weighted by Crippen LogP contribution is -2.37. The summed E-state index contributed by atoms with van der Waals surface area (Å²) < 4.78 is 34.4. The minimum absolute atomic E-state index is 0.0152. The molecule has 1 N–H and O–H groups in total. The third kappa shape index (κ3) is 50.3. The minimum Gasteiger partial charge on any atom is -0.462 e. The monoisotopic (exact) mass is 943 g/mol. The van der Waals surface area contributed by atoms with Gasteiger partial charge in [-0.1, -0.05) is 188 Å². The largest absolute Gasteiger partial charge is 0.472 e. The molecule has 0 amide bonds. The standard InChI is InChI=1S/C56H96NO8P/c1-6-8-10-12-14-16-18-20-22-24-25-26-27-28-29-30-31-33-34-36-38-40-42-44-46-48-55(58)62-52-54(53-64-66(60,61)63-51-50-57(3,4)5)65-56(59)49-47-45-43-41-39-37-35-32-23-21-19-17-15-13-11-9-7-2/h9,11,15,17-18,20-21,23-25,27-28,35,37,41,43,54H,6-8,10,12-14,16,19,22,26,29-34,36,38-40,42,44-53H2,1-5H3/p+1/b11-9-,17-15-,20-18-,23-21-,25-24-,28-27-,37-35-,43-41-. The molecule has 0 saturated heterocycles. The molecule has 0 aromatic heterocycles. The van der Waals surface area contributed by atoms with E-state index in [2.05, 4.69) is 105 Å². The van der Waals surface area contributed by atoms with Gasteiger partial charge >= 0.3 is 19.8 Å². The molecule has 0 bridgehead atoms. The maximum absolute atomic E-state index is 12.7. The van der Waals surface area contributed by atoms with Crippen LogP contribution in [0.4, 0.5) is 0 Å². The first-order valence-corrected chi connectivity index (χ1v) is 27.5. The molecule has 0 aromatic rings. The molecule has 10 heteroatoms. The third-order valence-electron chi connectivity index (χ3n) is 10.6. The van der Waals surface area contributed by atoms with Crippen LogP contribution >= 0.6 is 7.82 Å². The molecule has 0 radical (unpaired) electrons. The van der Waals surface area contributed by atoms with E-state index in [1.54, 1.807) is 0 Å². The van der Waals surface area contributed by atoms with Crippen molar-refractivity contribution in [2.45, 2.75) is 200 Å².